The SMILES string of the molecule is CN(C(=O)CN(C(=O)Cc1cccc(C(=O)O)c1NC(N)=O)c1ccccc1)c1ccccc1. The Morgan fingerprint density at radius 2 is 1.41 bits per heavy atom. The average Bonchev–Trinajstić information content (AvgIpc) is 2.83. The summed E-state index contributed by atoms with van der Waals surface area (Å²) < 4.78 is 0. The highest BCUT2D eigenvalue weighted by Crippen LogP contribution is 2.24. The number of urea groups is 1. The van der Waals surface area contributed by atoms with E-state index in [9.17, 15) is 24.3 Å². The maximum atomic E-state index is 13.4. The molecule has 4 amide bonds. The lowest BCUT2D eigenvalue weighted by molar-refractivity contribution is -0.122. The maximum absolute atomic E-state index is 13.4. The topological polar surface area (TPSA) is 133 Å². The van der Waals surface area contributed by atoms with Gasteiger partial charge in [0.2, 0.25) is 11.8 Å². The maximum Gasteiger partial charge on any atom is 0.337 e. The Balaban J connectivity index is 1.92. The highest BCUT2D eigenvalue weighted by molar-refractivity contribution is 6.06. The zero-order valence-corrected chi connectivity index (χ0v) is 18.5. The third-order valence-electron chi connectivity index (χ3n) is 5.15. The number of rotatable bonds is 8. The van der Waals surface area contributed by atoms with Gasteiger partial charge in [-0.2, -0.15) is 0 Å². The average molecular weight is 460 g/mol. The van der Waals surface area contributed by atoms with Gasteiger partial charge in [-0.05, 0) is 35.9 Å². The quantitative estimate of drug-likeness (QED) is 0.475. The van der Waals surface area contributed by atoms with Gasteiger partial charge in [0.15, 0.2) is 0 Å². The molecule has 0 bridgehead atoms. The number of amides is 4. The number of hydrogen-bond donors (Lipinski definition) is 3. The largest absolute Gasteiger partial charge is 0.478 e. The molecule has 0 fully saturated rings. The molecule has 9 nitrogen and oxygen atoms in total. The Kier molecular flexibility index (Phi) is 7.60. The molecule has 0 aliphatic heterocycles. The van der Waals surface area contributed by atoms with Gasteiger partial charge in [-0.1, -0.05) is 48.5 Å². The van der Waals surface area contributed by atoms with Crippen LogP contribution in [0.5, 0.6) is 0 Å². The number of nitrogens with one attached hydrogen (secondary N) is 1. The van der Waals surface area contributed by atoms with Crippen LogP contribution >= 0.6 is 0 Å². The van der Waals surface area contributed by atoms with Gasteiger partial charge in [-0.25, -0.2) is 9.59 Å². The number of carboxylic acid groups (broad SMARTS) is 1. The fourth-order valence-electron chi connectivity index (χ4n) is 3.42. The Morgan fingerprint density at radius 3 is 1.97 bits per heavy atom. The van der Waals surface area contributed by atoms with Crippen LogP contribution in [0.2, 0.25) is 0 Å². The van der Waals surface area contributed by atoms with Crippen LogP contribution in [0.25, 0.3) is 0 Å². The zero-order valence-electron chi connectivity index (χ0n) is 18.5. The van der Waals surface area contributed by atoms with Crippen molar-refractivity contribution in [3.63, 3.8) is 0 Å². The van der Waals surface area contributed by atoms with E-state index in [0.29, 0.717) is 11.4 Å². The van der Waals surface area contributed by atoms with E-state index < -0.39 is 17.9 Å². The van der Waals surface area contributed by atoms with Gasteiger partial charge in [0.05, 0.1) is 17.7 Å². The van der Waals surface area contributed by atoms with Crippen molar-refractivity contribution in [1.29, 1.82) is 0 Å². The summed E-state index contributed by atoms with van der Waals surface area (Å²) in [6.07, 6.45) is -0.270. The molecule has 0 unspecified atom stereocenters. The minimum atomic E-state index is -1.28. The molecule has 3 rings (SSSR count). The number of nitrogens with zero attached hydrogens (tertiary/aromatic N) is 2. The molecule has 0 aliphatic rings. The lowest BCUT2D eigenvalue weighted by Crippen LogP contribution is -2.42. The number of anilines is 3. The van der Waals surface area contributed by atoms with E-state index in [0.717, 1.165) is 0 Å². The molecule has 0 saturated heterocycles. The van der Waals surface area contributed by atoms with E-state index >= 15 is 0 Å². The normalized spacial score (nSPS) is 10.3. The zero-order chi connectivity index (χ0) is 24.7. The van der Waals surface area contributed by atoms with Crippen molar-refractivity contribution in [2.75, 3.05) is 28.7 Å². The Hall–Kier alpha value is -4.66. The van der Waals surface area contributed by atoms with Crippen LogP contribution in [0.3, 0.4) is 0 Å². The van der Waals surface area contributed by atoms with Crippen molar-refractivity contribution in [3.05, 3.63) is 90.0 Å². The first kappa shape index (κ1) is 24.0. The number of likely N-dealkylation sites (N-methyl/N-ethyl adjacent to an activating group) is 1. The molecule has 0 saturated carbocycles. The second kappa shape index (κ2) is 10.8. The van der Waals surface area contributed by atoms with Crippen LogP contribution in [-0.2, 0) is 16.0 Å². The summed E-state index contributed by atoms with van der Waals surface area (Å²) in [7, 11) is 1.62. The van der Waals surface area contributed by atoms with Crippen molar-refractivity contribution in [2.45, 2.75) is 6.42 Å². The van der Waals surface area contributed by atoms with Crippen LogP contribution in [0.15, 0.2) is 78.9 Å². The molecular formula is C25H24N4O5. The van der Waals surface area contributed by atoms with Gasteiger partial charge in [0, 0.05) is 18.4 Å². The molecule has 34 heavy (non-hydrogen) atoms. The van der Waals surface area contributed by atoms with Crippen molar-refractivity contribution in [2.24, 2.45) is 5.73 Å². The molecular weight excluding hydrogens is 436 g/mol. The smallest absolute Gasteiger partial charge is 0.337 e. The number of para-hydroxylation sites is 3. The predicted molar refractivity (Wildman–Crippen MR) is 129 cm³/mol. The number of hydrogen-bond acceptors (Lipinski definition) is 4. The predicted octanol–water partition coefficient (Wildman–Crippen LogP) is 3.11. The van der Waals surface area contributed by atoms with Crippen molar-refractivity contribution in [1.82, 2.24) is 0 Å². The van der Waals surface area contributed by atoms with E-state index in [-0.39, 0.29) is 35.7 Å². The molecule has 9 heteroatoms. The van der Waals surface area contributed by atoms with E-state index in [1.54, 1.807) is 49.5 Å². The monoisotopic (exact) mass is 460 g/mol. The highest BCUT2D eigenvalue weighted by atomic mass is 16.4. The molecule has 4 N–H and O–H groups in total. The minimum absolute atomic E-state index is 0.0587. The number of benzene rings is 3. The summed E-state index contributed by atoms with van der Waals surface area (Å²) in [5.74, 6) is -2.06. The first-order chi connectivity index (χ1) is 16.3. The summed E-state index contributed by atoms with van der Waals surface area (Å²) in [6, 6.07) is 21.0. The van der Waals surface area contributed by atoms with Crippen LogP contribution < -0.4 is 20.9 Å². The number of nitrogens with two attached hydrogens (primary N) is 1. The third kappa shape index (κ3) is 5.77. The first-order valence-electron chi connectivity index (χ1n) is 10.4. The van der Waals surface area contributed by atoms with E-state index in [4.69, 9.17) is 5.73 Å². The first-order valence-corrected chi connectivity index (χ1v) is 10.4. The van der Waals surface area contributed by atoms with Crippen molar-refractivity contribution >= 4 is 40.9 Å². The fraction of sp³-hybridized carbons (Fsp3) is 0.120. The third-order valence-corrected chi connectivity index (χ3v) is 5.15. The molecule has 0 radical (unpaired) electrons. The molecule has 3 aromatic rings. The Morgan fingerprint density at radius 1 is 0.824 bits per heavy atom. The highest BCUT2D eigenvalue weighted by Gasteiger charge is 2.24. The van der Waals surface area contributed by atoms with Crippen LogP contribution in [0, 0.1) is 0 Å². The molecule has 174 valence electrons. The van der Waals surface area contributed by atoms with Gasteiger partial charge >= 0.3 is 12.0 Å². The van der Waals surface area contributed by atoms with Crippen molar-refractivity contribution < 1.29 is 24.3 Å². The van der Waals surface area contributed by atoms with E-state index in [2.05, 4.69) is 5.32 Å². The summed E-state index contributed by atoms with van der Waals surface area (Å²) in [4.78, 5) is 52.3. The van der Waals surface area contributed by atoms with E-state index in [1.807, 2.05) is 18.2 Å². The molecule has 0 aromatic heterocycles. The molecule has 0 heterocycles. The number of primary amides is 1. The van der Waals surface area contributed by atoms with Gasteiger partial charge < -0.3 is 26.0 Å². The molecule has 3 aromatic carbocycles. The number of carbonyl (C=O) groups excluding carboxylic acids is 3. The summed E-state index contributed by atoms with van der Waals surface area (Å²) >= 11 is 0. The summed E-state index contributed by atoms with van der Waals surface area (Å²) in [5, 5.41) is 11.8. The number of carbonyl (C=O) groups is 4. The van der Waals surface area contributed by atoms with Gasteiger partial charge in [0.25, 0.3) is 0 Å². The van der Waals surface area contributed by atoms with Gasteiger partial charge in [-0.15, -0.1) is 0 Å². The number of carboxylic acids is 1. The Bertz CT molecular complexity index is 1200. The van der Waals surface area contributed by atoms with E-state index in [1.165, 1.54) is 28.0 Å². The summed E-state index contributed by atoms with van der Waals surface area (Å²) in [6.45, 7) is -0.245. The van der Waals surface area contributed by atoms with Crippen LogP contribution in [-0.4, -0.2) is 42.5 Å². The lowest BCUT2D eigenvalue weighted by Gasteiger charge is -2.26. The van der Waals surface area contributed by atoms with Crippen LogP contribution in [0.1, 0.15) is 15.9 Å². The lowest BCUT2D eigenvalue weighted by atomic mass is 10.0. The second-order valence-electron chi connectivity index (χ2n) is 7.41. The fourth-order valence-corrected chi connectivity index (χ4v) is 3.42. The molecule has 0 aliphatic carbocycles. The number of aromatic carboxylic acids is 1. The van der Waals surface area contributed by atoms with Gasteiger partial charge in [-0.3, -0.25) is 9.59 Å². The summed E-state index contributed by atoms with van der Waals surface area (Å²) in [5.41, 5.74) is 6.39. The molecule has 0 atom stereocenters. The standard InChI is InChI=1S/C25H24N4O5/c1-28(18-10-4-2-5-11-18)22(31)16-29(19-12-6-3-7-13-19)21(30)15-17-9-8-14-20(24(32)33)23(17)27-25(26)34/h2-14H,15-16H2,1H3,(H,32,33)(H3,26,27,34). The van der Waals surface area contributed by atoms with Gasteiger partial charge in [0.1, 0.15) is 6.54 Å². The Labute approximate surface area is 196 Å². The van der Waals surface area contributed by atoms with Crippen molar-refractivity contribution in [3.8, 4) is 0 Å². The van der Waals surface area contributed by atoms with Crippen LogP contribution in [0.4, 0.5) is 21.9 Å². The second-order valence-corrected chi connectivity index (χ2v) is 7.41. The molecule has 0 spiro atoms. The minimum Gasteiger partial charge on any atom is -0.478 e.